The Bertz CT molecular complexity index is 329. The fourth-order valence-electron chi connectivity index (χ4n) is 1.17. The molecule has 0 aliphatic carbocycles. The number of hydrogen-bond acceptors (Lipinski definition) is 3. The molecule has 0 spiro atoms. The van der Waals surface area contributed by atoms with Crippen LogP contribution in [0.1, 0.15) is 37.6 Å². The number of halogens is 1. The second-order valence-corrected chi connectivity index (χ2v) is 4.99. The molecule has 0 aliphatic rings. The predicted molar refractivity (Wildman–Crippen MR) is 66.8 cm³/mol. The maximum absolute atomic E-state index is 6.02. The number of aromatic nitrogens is 2. The molecule has 1 aromatic rings. The van der Waals surface area contributed by atoms with Gasteiger partial charge in [-0.1, -0.05) is 31.4 Å². The Labute approximate surface area is 101 Å². The maximum atomic E-state index is 6.02. The van der Waals surface area contributed by atoms with Crippen molar-refractivity contribution in [2.45, 2.75) is 45.1 Å². The van der Waals surface area contributed by atoms with E-state index in [-0.39, 0.29) is 0 Å². The molecule has 0 bridgehead atoms. The third kappa shape index (κ3) is 3.99. The average Bonchev–Trinajstić information content (AvgIpc) is 2.20. The second-order valence-electron chi connectivity index (χ2n) is 3.55. The Morgan fingerprint density at radius 1 is 1.13 bits per heavy atom. The minimum Gasteiger partial charge on any atom is -0.242 e. The Morgan fingerprint density at radius 3 is 2.47 bits per heavy atom. The molecule has 2 nitrogen and oxygen atoms in total. The summed E-state index contributed by atoms with van der Waals surface area (Å²) in [4.78, 5) is 8.69. The lowest BCUT2D eigenvalue weighted by Gasteiger charge is -2.05. The van der Waals surface area contributed by atoms with E-state index >= 15 is 0 Å². The second kappa shape index (κ2) is 6.33. The number of unbranched alkanes of at least 4 members (excludes halogenated alkanes) is 2. The molecule has 0 saturated carbocycles. The molecule has 0 amide bonds. The van der Waals surface area contributed by atoms with Gasteiger partial charge in [0.1, 0.15) is 5.03 Å². The van der Waals surface area contributed by atoms with Gasteiger partial charge in [0, 0.05) is 0 Å². The first-order valence-corrected chi connectivity index (χ1v) is 6.65. The van der Waals surface area contributed by atoms with Gasteiger partial charge in [-0.15, -0.1) is 11.8 Å². The van der Waals surface area contributed by atoms with Crippen molar-refractivity contribution in [1.82, 2.24) is 9.97 Å². The molecule has 0 fully saturated rings. The van der Waals surface area contributed by atoms with E-state index < -0.39 is 0 Å². The Balaban J connectivity index is 2.57. The summed E-state index contributed by atoms with van der Waals surface area (Å²) in [6, 6.07) is 0. The molecule has 0 atom stereocenters. The zero-order chi connectivity index (χ0) is 11.3. The van der Waals surface area contributed by atoms with Crippen molar-refractivity contribution in [3.8, 4) is 0 Å². The Morgan fingerprint density at radius 2 is 1.80 bits per heavy atom. The standard InChI is InChI=1S/C11H17ClN2S/c1-4-5-6-7-15-11-10(12)13-8(2)9(3)14-11/h4-7H2,1-3H3. The van der Waals surface area contributed by atoms with Crippen LogP contribution in [-0.2, 0) is 0 Å². The predicted octanol–water partition coefficient (Wildman–Crippen LogP) is 4.03. The van der Waals surface area contributed by atoms with E-state index in [1.807, 2.05) is 13.8 Å². The van der Waals surface area contributed by atoms with Crippen molar-refractivity contribution in [1.29, 1.82) is 0 Å². The summed E-state index contributed by atoms with van der Waals surface area (Å²) in [6.07, 6.45) is 3.72. The normalized spacial score (nSPS) is 10.7. The van der Waals surface area contributed by atoms with E-state index in [4.69, 9.17) is 11.6 Å². The van der Waals surface area contributed by atoms with E-state index in [9.17, 15) is 0 Å². The topological polar surface area (TPSA) is 25.8 Å². The average molecular weight is 245 g/mol. The molecule has 1 aromatic heterocycles. The highest BCUT2D eigenvalue weighted by Crippen LogP contribution is 2.25. The van der Waals surface area contributed by atoms with Gasteiger partial charge in [-0.05, 0) is 26.0 Å². The van der Waals surface area contributed by atoms with Gasteiger partial charge < -0.3 is 0 Å². The van der Waals surface area contributed by atoms with Crippen LogP contribution in [0.25, 0.3) is 0 Å². The number of rotatable bonds is 5. The van der Waals surface area contributed by atoms with Crippen LogP contribution >= 0.6 is 23.4 Å². The molecule has 0 radical (unpaired) electrons. The summed E-state index contributed by atoms with van der Waals surface area (Å²) >= 11 is 7.72. The first kappa shape index (κ1) is 12.8. The van der Waals surface area contributed by atoms with Gasteiger partial charge in [0.25, 0.3) is 0 Å². The van der Waals surface area contributed by atoms with E-state index in [1.165, 1.54) is 19.3 Å². The van der Waals surface area contributed by atoms with E-state index in [2.05, 4.69) is 16.9 Å². The molecule has 15 heavy (non-hydrogen) atoms. The number of aryl methyl sites for hydroxylation is 2. The van der Waals surface area contributed by atoms with Crippen LogP contribution in [0.4, 0.5) is 0 Å². The highest BCUT2D eigenvalue weighted by Gasteiger charge is 2.06. The number of hydrogen-bond donors (Lipinski definition) is 0. The van der Waals surface area contributed by atoms with Gasteiger partial charge in [-0.2, -0.15) is 0 Å². The molecule has 0 aliphatic heterocycles. The molecule has 4 heteroatoms. The van der Waals surface area contributed by atoms with Crippen molar-refractivity contribution in [2.24, 2.45) is 0 Å². The molecule has 0 N–H and O–H groups in total. The lowest BCUT2D eigenvalue weighted by molar-refractivity contribution is 0.777. The summed E-state index contributed by atoms with van der Waals surface area (Å²) < 4.78 is 0. The molecular formula is C11H17ClN2S. The molecular weight excluding hydrogens is 228 g/mol. The lowest BCUT2D eigenvalue weighted by Crippen LogP contribution is -1.95. The van der Waals surface area contributed by atoms with Gasteiger partial charge in [-0.3, -0.25) is 0 Å². The monoisotopic (exact) mass is 244 g/mol. The zero-order valence-corrected chi connectivity index (χ0v) is 11.1. The van der Waals surface area contributed by atoms with Gasteiger partial charge in [0.05, 0.1) is 11.4 Å². The number of thioether (sulfide) groups is 1. The highest BCUT2D eigenvalue weighted by atomic mass is 35.5. The number of nitrogens with zero attached hydrogens (tertiary/aromatic N) is 2. The van der Waals surface area contributed by atoms with Crippen molar-refractivity contribution < 1.29 is 0 Å². The largest absolute Gasteiger partial charge is 0.242 e. The molecule has 84 valence electrons. The lowest BCUT2D eigenvalue weighted by atomic mass is 10.3. The minimum absolute atomic E-state index is 0.541. The summed E-state index contributed by atoms with van der Waals surface area (Å²) in [5, 5.41) is 1.41. The van der Waals surface area contributed by atoms with Crippen LogP contribution in [0, 0.1) is 13.8 Å². The van der Waals surface area contributed by atoms with Gasteiger partial charge >= 0.3 is 0 Å². The van der Waals surface area contributed by atoms with E-state index in [0.717, 1.165) is 22.2 Å². The maximum Gasteiger partial charge on any atom is 0.161 e. The quantitative estimate of drug-likeness (QED) is 0.578. The summed E-state index contributed by atoms with van der Waals surface area (Å²) in [6.45, 7) is 6.10. The molecule has 0 unspecified atom stereocenters. The van der Waals surface area contributed by atoms with Crippen molar-refractivity contribution in [2.75, 3.05) is 5.75 Å². The minimum atomic E-state index is 0.541. The highest BCUT2D eigenvalue weighted by molar-refractivity contribution is 7.99. The van der Waals surface area contributed by atoms with E-state index in [0.29, 0.717) is 5.15 Å². The van der Waals surface area contributed by atoms with Crippen molar-refractivity contribution in [3.63, 3.8) is 0 Å². The smallest absolute Gasteiger partial charge is 0.161 e. The van der Waals surface area contributed by atoms with Crippen LogP contribution in [0.5, 0.6) is 0 Å². The third-order valence-corrected chi connectivity index (χ3v) is 3.65. The SMILES string of the molecule is CCCCCSc1nc(C)c(C)nc1Cl. The zero-order valence-electron chi connectivity index (χ0n) is 9.51. The van der Waals surface area contributed by atoms with Crippen LogP contribution < -0.4 is 0 Å². The summed E-state index contributed by atoms with van der Waals surface area (Å²) in [5.41, 5.74) is 1.88. The third-order valence-electron chi connectivity index (χ3n) is 2.22. The molecule has 0 saturated heterocycles. The van der Waals surface area contributed by atoms with Crippen molar-refractivity contribution >= 4 is 23.4 Å². The first-order valence-electron chi connectivity index (χ1n) is 5.28. The van der Waals surface area contributed by atoms with Crippen LogP contribution in [0.2, 0.25) is 5.15 Å². The molecule has 1 heterocycles. The van der Waals surface area contributed by atoms with Gasteiger partial charge in [0.15, 0.2) is 5.15 Å². The van der Waals surface area contributed by atoms with Crippen LogP contribution in [0.3, 0.4) is 0 Å². The van der Waals surface area contributed by atoms with Gasteiger partial charge in [-0.25, -0.2) is 9.97 Å². The van der Waals surface area contributed by atoms with Crippen LogP contribution in [0.15, 0.2) is 5.03 Å². The fraction of sp³-hybridized carbons (Fsp3) is 0.636. The fourth-order valence-corrected chi connectivity index (χ4v) is 2.41. The molecule has 0 aromatic carbocycles. The van der Waals surface area contributed by atoms with Crippen molar-refractivity contribution in [3.05, 3.63) is 16.5 Å². The molecule has 1 rings (SSSR count). The van der Waals surface area contributed by atoms with E-state index in [1.54, 1.807) is 11.8 Å². The summed E-state index contributed by atoms with van der Waals surface area (Å²) in [7, 11) is 0. The van der Waals surface area contributed by atoms with Gasteiger partial charge in [0.2, 0.25) is 0 Å². The summed E-state index contributed by atoms with van der Waals surface area (Å²) in [5.74, 6) is 1.07. The first-order chi connectivity index (χ1) is 7.15. The Hall–Kier alpha value is -0.280. The Kier molecular flexibility index (Phi) is 5.40. The van der Waals surface area contributed by atoms with Crippen LogP contribution in [-0.4, -0.2) is 15.7 Å².